The minimum absolute atomic E-state index is 0.376. The Morgan fingerprint density at radius 3 is 2.88 bits per heavy atom. The van der Waals surface area contributed by atoms with Gasteiger partial charge >= 0.3 is 0 Å². The lowest BCUT2D eigenvalue weighted by Gasteiger charge is -2.18. The highest BCUT2D eigenvalue weighted by Crippen LogP contribution is 2.22. The van der Waals surface area contributed by atoms with Crippen molar-refractivity contribution in [2.45, 2.75) is 51.3 Å². The summed E-state index contributed by atoms with van der Waals surface area (Å²) in [5, 5.41) is 3.52. The Morgan fingerprint density at radius 2 is 2.19 bits per heavy atom. The molecule has 0 bridgehead atoms. The molecule has 1 aliphatic carbocycles. The Labute approximate surface area is 97.2 Å². The Bertz CT molecular complexity index is 321. The zero-order valence-electron chi connectivity index (χ0n) is 10.2. The number of furan rings is 1. The molecule has 3 nitrogen and oxygen atoms in total. The Morgan fingerprint density at radius 1 is 1.38 bits per heavy atom. The molecule has 0 aliphatic heterocycles. The minimum Gasteiger partial charge on any atom is -0.465 e. The van der Waals surface area contributed by atoms with Gasteiger partial charge in [-0.1, -0.05) is 6.92 Å². The second-order valence-corrected chi connectivity index (χ2v) is 4.41. The fourth-order valence-corrected chi connectivity index (χ4v) is 2.38. The van der Waals surface area contributed by atoms with Crippen molar-refractivity contribution in [2.24, 2.45) is 0 Å². The number of hydrogen-bond donors (Lipinski definition) is 1. The second-order valence-electron chi connectivity index (χ2n) is 4.41. The molecule has 1 aromatic rings. The first-order valence-corrected chi connectivity index (χ1v) is 6.17. The Kier molecular flexibility index (Phi) is 4.02. The summed E-state index contributed by atoms with van der Waals surface area (Å²) in [6, 6.07) is 4.60. The summed E-state index contributed by atoms with van der Waals surface area (Å²) in [5.41, 5.74) is 0. The first-order chi connectivity index (χ1) is 7.83. The van der Waals surface area contributed by atoms with Crippen molar-refractivity contribution in [3.8, 4) is 0 Å². The van der Waals surface area contributed by atoms with Crippen LogP contribution in [0.2, 0.25) is 0 Å². The highest BCUT2D eigenvalue weighted by molar-refractivity contribution is 5.07. The molecule has 0 aromatic carbocycles. The monoisotopic (exact) mass is 223 g/mol. The average molecular weight is 223 g/mol. The van der Waals surface area contributed by atoms with Gasteiger partial charge in [0.1, 0.15) is 11.5 Å². The number of nitrogens with one attached hydrogen (secondary N) is 1. The lowest BCUT2D eigenvalue weighted by molar-refractivity contribution is 0.0841. The van der Waals surface area contributed by atoms with Gasteiger partial charge < -0.3 is 14.5 Å². The van der Waals surface area contributed by atoms with E-state index in [1.807, 2.05) is 0 Å². The van der Waals surface area contributed by atoms with Crippen LogP contribution in [0.3, 0.4) is 0 Å². The van der Waals surface area contributed by atoms with Crippen LogP contribution in [-0.4, -0.2) is 19.3 Å². The van der Waals surface area contributed by atoms with Gasteiger partial charge in [-0.3, -0.25) is 0 Å². The molecule has 3 heteroatoms. The number of rotatable bonds is 5. The van der Waals surface area contributed by atoms with Crippen molar-refractivity contribution in [3.05, 3.63) is 23.7 Å². The van der Waals surface area contributed by atoms with Crippen LogP contribution < -0.4 is 5.32 Å². The van der Waals surface area contributed by atoms with Gasteiger partial charge in [0, 0.05) is 19.6 Å². The summed E-state index contributed by atoms with van der Waals surface area (Å²) in [5.74, 6) is 2.09. The summed E-state index contributed by atoms with van der Waals surface area (Å²) >= 11 is 0. The minimum atomic E-state index is 0.376. The van der Waals surface area contributed by atoms with Crippen molar-refractivity contribution in [2.75, 3.05) is 7.11 Å². The van der Waals surface area contributed by atoms with Crippen LogP contribution in [0.5, 0.6) is 0 Å². The number of methoxy groups -OCH3 is 1. The molecule has 0 spiro atoms. The van der Waals surface area contributed by atoms with E-state index in [4.69, 9.17) is 9.15 Å². The molecular formula is C13H21NO2. The van der Waals surface area contributed by atoms with E-state index < -0.39 is 0 Å². The maximum atomic E-state index is 5.66. The van der Waals surface area contributed by atoms with E-state index in [0.717, 1.165) is 24.5 Å². The van der Waals surface area contributed by atoms with E-state index in [9.17, 15) is 0 Å². The molecule has 0 amide bonds. The summed E-state index contributed by atoms with van der Waals surface area (Å²) in [7, 11) is 1.80. The predicted molar refractivity (Wildman–Crippen MR) is 63.4 cm³/mol. The lowest BCUT2D eigenvalue weighted by Crippen LogP contribution is -2.36. The number of hydrogen-bond acceptors (Lipinski definition) is 3. The average Bonchev–Trinajstić information content (AvgIpc) is 2.94. The molecular weight excluding hydrogens is 202 g/mol. The topological polar surface area (TPSA) is 34.4 Å². The van der Waals surface area contributed by atoms with Gasteiger partial charge in [0.05, 0.1) is 12.6 Å². The Hall–Kier alpha value is -0.800. The summed E-state index contributed by atoms with van der Waals surface area (Å²) in [6.45, 7) is 2.92. The fourth-order valence-electron chi connectivity index (χ4n) is 2.38. The zero-order valence-corrected chi connectivity index (χ0v) is 10.2. The fraction of sp³-hybridized carbons (Fsp3) is 0.692. The van der Waals surface area contributed by atoms with Crippen molar-refractivity contribution < 1.29 is 9.15 Å². The third-order valence-corrected chi connectivity index (χ3v) is 3.36. The second kappa shape index (κ2) is 5.51. The predicted octanol–water partition coefficient (Wildman–Crippen LogP) is 2.50. The maximum absolute atomic E-state index is 5.66. The molecule has 90 valence electrons. The van der Waals surface area contributed by atoms with Gasteiger partial charge in [-0.25, -0.2) is 0 Å². The first kappa shape index (κ1) is 11.7. The standard InChI is InChI=1S/C13H21NO2/c1-3-10-7-8-11(16-10)9-14-12-5-4-6-13(12)15-2/h7-8,12-14H,3-6,9H2,1-2H3. The summed E-state index contributed by atoms with van der Waals surface area (Å²) < 4.78 is 11.1. The number of aryl methyl sites for hydroxylation is 1. The molecule has 1 aliphatic rings. The van der Waals surface area contributed by atoms with Crippen molar-refractivity contribution in [1.82, 2.24) is 5.32 Å². The largest absolute Gasteiger partial charge is 0.465 e. The van der Waals surface area contributed by atoms with E-state index in [2.05, 4.69) is 24.4 Å². The SMILES string of the molecule is CCc1ccc(CNC2CCCC2OC)o1. The highest BCUT2D eigenvalue weighted by atomic mass is 16.5. The molecule has 1 N–H and O–H groups in total. The summed E-state index contributed by atoms with van der Waals surface area (Å²) in [4.78, 5) is 0. The third-order valence-electron chi connectivity index (χ3n) is 3.36. The van der Waals surface area contributed by atoms with Gasteiger partial charge in [0.25, 0.3) is 0 Å². The molecule has 16 heavy (non-hydrogen) atoms. The normalized spacial score (nSPS) is 25.1. The summed E-state index contributed by atoms with van der Waals surface area (Å²) in [6.07, 6.45) is 4.98. The van der Waals surface area contributed by atoms with E-state index in [0.29, 0.717) is 12.1 Å². The van der Waals surface area contributed by atoms with E-state index in [1.54, 1.807) is 7.11 Å². The van der Waals surface area contributed by atoms with Crippen LogP contribution in [0.15, 0.2) is 16.5 Å². The van der Waals surface area contributed by atoms with Crippen LogP contribution in [0.25, 0.3) is 0 Å². The van der Waals surface area contributed by atoms with Gasteiger partial charge in [0.15, 0.2) is 0 Å². The van der Waals surface area contributed by atoms with Gasteiger partial charge in [0.2, 0.25) is 0 Å². The van der Waals surface area contributed by atoms with Gasteiger partial charge in [-0.05, 0) is 31.4 Å². The lowest BCUT2D eigenvalue weighted by atomic mass is 10.2. The highest BCUT2D eigenvalue weighted by Gasteiger charge is 2.26. The molecule has 1 aromatic heterocycles. The van der Waals surface area contributed by atoms with Crippen LogP contribution in [0, 0.1) is 0 Å². The molecule has 1 heterocycles. The van der Waals surface area contributed by atoms with Crippen LogP contribution in [-0.2, 0) is 17.7 Å². The third kappa shape index (κ3) is 2.66. The molecule has 2 rings (SSSR count). The molecule has 1 saturated carbocycles. The van der Waals surface area contributed by atoms with Crippen LogP contribution >= 0.6 is 0 Å². The molecule has 2 unspecified atom stereocenters. The molecule has 0 radical (unpaired) electrons. The molecule has 1 fully saturated rings. The maximum Gasteiger partial charge on any atom is 0.117 e. The van der Waals surface area contributed by atoms with Crippen molar-refractivity contribution in [1.29, 1.82) is 0 Å². The quantitative estimate of drug-likeness (QED) is 0.832. The van der Waals surface area contributed by atoms with E-state index in [-0.39, 0.29) is 0 Å². The molecule has 2 atom stereocenters. The van der Waals surface area contributed by atoms with E-state index in [1.165, 1.54) is 19.3 Å². The Balaban J connectivity index is 1.82. The van der Waals surface area contributed by atoms with Crippen LogP contribution in [0.4, 0.5) is 0 Å². The van der Waals surface area contributed by atoms with Gasteiger partial charge in [-0.15, -0.1) is 0 Å². The first-order valence-electron chi connectivity index (χ1n) is 6.17. The number of ether oxygens (including phenoxy) is 1. The van der Waals surface area contributed by atoms with Crippen molar-refractivity contribution >= 4 is 0 Å². The smallest absolute Gasteiger partial charge is 0.117 e. The van der Waals surface area contributed by atoms with Crippen molar-refractivity contribution in [3.63, 3.8) is 0 Å². The van der Waals surface area contributed by atoms with Gasteiger partial charge in [-0.2, -0.15) is 0 Å². The van der Waals surface area contributed by atoms with E-state index >= 15 is 0 Å². The van der Waals surface area contributed by atoms with Crippen LogP contribution in [0.1, 0.15) is 37.7 Å². The zero-order chi connectivity index (χ0) is 11.4. The molecule has 0 saturated heterocycles.